The number of rotatable bonds is 6. The van der Waals surface area contributed by atoms with Gasteiger partial charge in [0.2, 0.25) is 11.8 Å². The van der Waals surface area contributed by atoms with Gasteiger partial charge in [0.05, 0.1) is 13.1 Å². The molecule has 0 aromatic heterocycles. The summed E-state index contributed by atoms with van der Waals surface area (Å²) in [4.78, 5) is 22.9. The van der Waals surface area contributed by atoms with Gasteiger partial charge >= 0.3 is 0 Å². The van der Waals surface area contributed by atoms with Crippen molar-refractivity contribution < 1.29 is 9.59 Å². The Balaban J connectivity index is 1.63. The highest BCUT2D eigenvalue weighted by atomic mass is 35.5. The van der Waals surface area contributed by atoms with Crippen LogP contribution in [0.4, 0.5) is 5.69 Å². The van der Waals surface area contributed by atoms with Gasteiger partial charge in [0, 0.05) is 16.8 Å². The Morgan fingerprint density at radius 2 is 1.74 bits per heavy atom. The highest BCUT2D eigenvalue weighted by Crippen LogP contribution is 2.18. The normalized spacial score (nSPS) is 13.9. The Labute approximate surface area is 116 Å². The van der Waals surface area contributed by atoms with Gasteiger partial charge in [-0.3, -0.25) is 14.9 Å². The molecule has 0 aliphatic heterocycles. The molecule has 0 bridgehead atoms. The van der Waals surface area contributed by atoms with Crippen LogP contribution < -0.4 is 16.0 Å². The van der Waals surface area contributed by atoms with E-state index in [0.29, 0.717) is 16.8 Å². The molecule has 2 amide bonds. The van der Waals surface area contributed by atoms with Crippen LogP contribution in [0.15, 0.2) is 24.3 Å². The molecule has 0 radical (unpaired) electrons. The maximum Gasteiger partial charge on any atom is 0.238 e. The topological polar surface area (TPSA) is 70.2 Å². The molecule has 5 nitrogen and oxygen atoms in total. The molecule has 102 valence electrons. The molecule has 1 aliphatic rings. The summed E-state index contributed by atoms with van der Waals surface area (Å²) < 4.78 is 0. The molecule has 1 fully saturated rings. The van der Waals surface area contributed by atoms with Crippen molar-refractivity contribution >= 4 is 29.1 Å². The summed E-state index contributed by atoms with van der Waals surface area (Å²) in [6.45, 7) is 0.255. The third kappa shape index (κ3) is 5.28. The average molecular weight is 282 g/mol. The molecule has 1 aromatic carbocycles. The van der Waals surface area contributed by atoms with Crippen molar-refractivity contribution in [1.82, 2.24) is 10.6 Å². The summed E-state index contributed by atoms with van der Waals surface area (Å²) in [6.07, 6.45) is 2.12. The van der Waals surface area contributed by atoms with Gasteiger partial charge in [0.15, 0.2) is 0 Å². The fraction of sp³-hybridized carbons (Fsp3) is 0.385. The lowest BCUT2D eigenvalue weighted by molar-refractivity contribution is -0.120. The first-order valence-electron chi connectivity index (χ1n) is 6.19. The number of amides is 2. The molecule has 0 spiro atoms. The molecule has 1 saturated carbocycles. The monoisotopic (exact) mass is 281 g/mol. The lowest BCUT2D eigenvalue weighted by atomic mass is 10.3. The Hall–Kier alpha value is -1.59. The third-order valence-corrected chi connectivity index (χ3v) is 2.89. The third-order valence-electron chi connectivity index (χ3n) is 2.64. The molecule has 3 N–H and O–H groups in total. The number of anilines is 1. The largest absolute Gasteiger partial charge is 0.352 e. The quantitative estimate of drug-likeness (QED) is 0.732. The van der Waals surface area contributed by atoms with Gasteiger partial charge in [-0.15, -0.1) is 0 Å². The van der Waals surface area contributed by atoms with Gasteiger partial charge in [-0.2, -0.15) is 0 Å². The summed E-state index contributed by atoms with van der Waals surface area (Å²) in [5, 5.41) is 8.96. The van der Waals surface area contributed by atoms with E-state index in [-0.39, 0.29) is 24.9 Å². The molecule has 0 atom stereocenters. The minimum atomic E-state index is -0.193. The average Bonchev–Trinajstić information content (AvgIpc) is 3.16. The van der Waals surface area contributed by atoms with E-state index < -0.39 is 0 Å². The van der Waals surface area contributed by atoms with E-state index in [1.807, 2.05) is 0 Å². The molecular formula is C13H16ClN3O2. The Kier molecular flexibility index (Phi) is 4.76. The Morgan fingerprint density at radius 1 is 1.11 bits per heavy atom. The van der Waals surface area contributed by atoms with Crippen LogP contribution in [0.2, 0.25) is 5.02 Å². The smallest absolute Gasteiger partial charge is 0.238 e. The summed E-state index contributed by atoms with van der Waals surface area (Å²) in [5.41, 5.74) is 0.679. The van der Waals surface area contributed by atoms with E-state index in [2.05, 4.69) is 16.0 Å². The zero-order chi connectivity index (χ0) is 13.7. The van der Waals surface area contributed by atoms with E-state index in [0.717, 1.165) is 12.8 Å². The van der Waals surface area contributed by atoms with E-state index in [1.165, 1.54) is 0 Å². The molecule has 6 heteroatoms. The highest BCUT2D eigenvalue weighted by molar-refractivity contribution is 6.30. The number of carbonyl (C=O) groups excluding carboxylic acids is 2. The van der Waals surface area contributed by atoms with Crippen LogP contribution in [0.25, 0.3) is 0 Å². The number of carbonyl (C=O) groups is 2. The first-order valence-corrected chi connectivity index (χ1v) is 6.57. The van der Waals surface area contributed by atoms with E-state index in [9.17, 15) is 9.59 Å². The van der Waals surface area contributed by atoms with Crippen molar-refractivity contribution in [1.29, 1.82) is 0 Å². The molecule has 0 heterocycles. The van der Waals surface area contributed by atoms with Crippen LogP contribution in [0, 0.1) is 0 Å². The minimum absolute atomic E-state index is 0.0678. The van der Waals surface area contributed by atoms with Gasteiger partial charge < -0.3 is 10.6 Å². The predicted molar refractivity (Wildman–Crippen MR) is 74.1 cm³/mol. The van der Waals surface area contributed by atoms with Crippen LogP contribution in [0.3, 0.4) is 0 Å². The predicted octanol–water partition coefficient (Wildman–Crippen LogP) is 1.15. The SMILES string of the molecule is O=C(CNCC(=O)NC1CC1)Nc1ccc(Cl)cc1. The van der Waals surface area contributed by atoms with Crippen LogP contribution in [0.1, 0.15) is 12.8 Å². The molecular weight excluding hydrogens is 266 g/mol. The second kappa shape index (κ2) is 6.54. The van der Waals surface area contributed by atoms with Crippen LogP contribution >= 0.6 is 11.6 Å². The molecule has 0 saturated heterocycles. The van der Waals surface area contributed by atoms with E-state index >= 15 is 0 Å². The van der Waals surface area contributed by atoms with Crippen molar-refractivity contribution in [3.8, 4) is 0 Å². The van der Waals surface area contributed by atoms with Crippen molar-refractivity contribution in [2.45, 2.75) is 18.9 Å². The van der Waals surface area contributed by atoms with Gasteiger partial charge in [-0.05, 0) is 37.1 Å². The number of benzene rings is 1. The minimum Gasteiger partial charge on any atom is -0.352 e. The standard InChI is InChI=1S/C13H16ClN3O2/c14-9-1-3-10(4-2-9)16-12(18)7-15-8-13(19)17-11-5-6-11/h1-4,11,15H,5-8H2,(H,16,18)(H,17,19). The van der Waals surface area contributed by atoms with Crippen LogP contribution in [0.5, 0.6) is 0 Å². The number of hydrogen-bond donors (Lipinski definition) is 3. The van der Waals surface area contributed by atoms with Crippen molar-refractivity contribution in [2.24, 2.45) is 0 Å². The lowest BCUT2D eigenvalue weighted by Crippen LogP contribution is -2.38. The van der Waals surface area contributed by atoms with Crippen LogP contribution in [-0.4, -0.2) is 30.9 Å². The van der Waals surface area contributed by atoms with Gasteiger partial charge in [0.25, 0.3) is 0 Å². The Bertz CT molecular complexity index is 457. The summed E-state index contributed by atoms with van der Waals surface area (Å²) >= 11 is 5.74. The number of nitrogens with one attached hydrogen (secondary N) is 3. The van der Waals surface area contributed by atoms with E-state index in [1.54, 1.807) is 24.3 Å². The first kappa shape index (κ1) is 13.8. The van der Waals surface area contributed by atoms with Crippen LogP contribution in [-0.2, 0) is 9.59 Å². The van der Waals surface area contributed by atoms with Crippen molar-refractivity contribution in [2.75, 3.05) is 18.4 Å². The molecule has 2 rings (SSSR count). The Morgan fingerprint density at radius 3 is 2.37 bits per heavy atom. The summed E-state index contributed by atoms with van der Waals surface area (Å²) in [6, 6.07) is 7.19. The fourth-order valence-corrected chi connectivity index (χ4v) is 1.66. The van der Waals surface area contributed by atoms with E-state index in [4.69, 9.17) is 11.6 Å². The number of halogens is 1. The maximum atomic E-state index is 11.6. The highest BCUT2D eigenvalue weighted by Gasteiger charge is 2.22. The van der Waals surface area contributed by atoms with Crippen molar-refractivity contribution in [3.63, 3.8) is 0 Å². The summed E-state index contributed by atoms with van der Waals surface area (Å²) in [5.74, 6) is -0.261. The zero-order valence-corrected chi connectivity index (χ0v) is 11.2. The first-order chi connectivity index (χ1) is 9.13. The van der Waals surface area contributed by atoms with Crippen molar-refractivity contribution in [3.05, 3.63) is 29.3 Å². The van der Waals surface area contributed by atoms with Gasteiger partial charge in [-0.25, -0.2) is 0 Å². The lowest BCUT2D eigenvalue weighted by Gasteiger charge is -2.07. The summed E-state index contributed by atoms with van der Waals surface area (Å²) in [7, 11) is 0. The number of hydrogen-bond acceptors (Lipinski definition) is 3. The molecule has 1 aliphatic carbocycles. The van der Waals surface area contributed by atoms with Gasteiger partial charge in [-0.1, -0.05) is 11.6 Å². The fourth-order valence-electron chi connectivity index (χ4n) is 1.53. The maximum absolute atomic E-state index is 11.6. The second-order valence-electron chi connectivity index (χ2n) is 4.50. The van der Waals surface area contributed by atoms with Gasteiger partial charge in [0.1, 0.15) is 0 Å². The molecule has 1 aromatic rings. The zero-order valence-electron chi connectivity index (χ0n) is 10.4. The molecule has 0 unspecified atom stereocenters. The second-order valence-corrected chi connectivity index (χ2v) is 4.94. The molecule has 19 heavy (non-hydrogen) atoms.